The number of β-amino-alcohol motifs (C(OH)–C–C–N with tert-alkyl or cyclic N) is 1. The van der Waals surface area contributed by atoms with Crippen LogP contribution in [0.3, 0.4) is 0 Å². The minimum Gasteiger partial charge on any atom is -0.389 e. The molecule has 0 saturated carbocycles. The zero-order valence-corrected chi connectivity index (χ0v) is 12.9. The Kier molecular flexibility index (Phi) is 6.30. The molecule has 1 aromatic carbocycles. The number of piperazine rings is 1. The normalized spacial score (nSPS) is 17.5. The number of rotatable bonds is 6. The van der Waals surface area contributed by atoms with Crippen LogP contribution in [0.2, 0.25) is 0 Å². The maximum absolute atomic E-state index is 13.7. The summed E-state index contributed by atoms with van der Waals surface area (Å²) in [5.74, 6) is -0.755. The maximum atomic E-state index is 13.7. The molecule has 1 aliphatic rings. The molecule has 0 aromatic heterocycles. The first kappa shape index (κ1) is 16.9. The molecule has 1 aromatic rings. The number of carbonyl (C=O) groups is 1. The van der Waals surface area contributed by atoms with Gasteiger partial charge in [0.05, 0.1) is 18.3 Å². The fourth-order valence-electron chi connectivity index (χ4n) is 2.54. The van der Waals surface area contributed by atoms with Gasteiger partial charge < -0.3 is 14.7 Å². The molecule has 22 heavy (non-hydrogen) atoms. The third kappa shape index (κ3) is 4.50. The molecule has 0 spiro atoms. The minimum absolute atomic E-state index is 0.118. The van der Waals surface area contributed by atoms with Crippen molar-refractivity contribution in [2.24, 2.45) is 0 Å². The van der Waals surface area contributed by atoms with Gasteiger partial charge in [-0.2, -0.15) is 0 Å². The van der Waals surface area contributed by atoms with E-state index in [0.717, 1.165) is 0 Å². The zero-order valence-electron chi connectivity index (χ0n) is 12.9. The van der Waals surface area contributed by atoms with Crippen molar-refractivity contribution in [2.45, 2.75) is 13.0 Å². The Bertz CT molecular complexity index is 490. The SMILES string of the molecule is CCOC[C@H](O)CN1CCN(C(=O)c2ccccc2F)CC1. The molecule has 1 N–H and O–H groups in total. The highest BCUT2D eigenvalue weighted by atomic mass is 19.1. The molecule has 2 rings (SSSR count). The smallest absolute Gasteiger partial charge is 0.256 e. The molecule has 1 amide bonds. The van der Waals surface area contributed by atoms with Crippen LogP contribution in [0.1, 0.15) is 17.3 Å². The van der Waals surface area contributed by atoms with Crippen LogP contribution < -0.4 is 0 Å². The lowest BCUT2D eigenvalue weighted by molar-refractivity contribution is 0.0111. The first-order chi connectivity index (χ1) is 10.6. The second-order valence-electron chi connectivity index (χ2n) is 5.39. The second-order valence-corrected chi connectivity index (χ2v) is 5.39. The number of amides is 1. The third-order valence-corrected chi connectivity index (χ3v) is 3.75. The van der Waals surface area contributed by atoms with Gasteiger partial charge in [0.2, 0.25) is 0 Å². The topological polar surface area (TPSA) is 53.0 Å². The molecule has 1 heterocycles. The molecule has 0 bridgehead atoms. The average molecular weight is 310 g/mol. The maximum Gasteiger partial charge on any atom is 0.256 e. The van der Waals surface area contributed by atoms with E-state index in [1.165, 1.54) is 12.1 Å². The van der Waals surface area contributed by atoms with Crippen molar-refractivity contribution in [3.63, 3.8) is 0 Å². The zero-order chi connectivity index (χ0) is 15.9. The number of hydrogen-bond donors (Lipinski definition) is 1. The Morgan fingerprint density at radius 2 is 2.00 bits per heavy atom. The van der Waals surface area contributed by atoms with Crippen LogP contribution >= 0.6 is 0 Å². The van der Waals surface area contributed by atoms with Crippen molar-refractivity contribution in [3.05, 3.63) is 35.6 Å². The van der Waals surface area contributed by atoms with E-state index in [1.54, 1.807) is 17.0 Å². The summed E-state index contributed by atoms with van der Waals surface area (Å²) in [5, 5.41) is 9.83. The van der Waals surface area contributed by atoms with Crippen LogP contribution in [0.25, 0.3) is 0 Å². The summed E-state index contributed by atoms with van der Waals surface area (Å²) in [7, 11) is 0. The summed E-state index contributed by atoms with van der Waals surface area (Å²) in [6.07, 6.45) is -0.520. The summed E-state index contributed by atoms with van der Waals surface area (Å²) < 4.78 is 18.8. The first-order valence-electron chi connectivity index (χ1n) is 7.63. The Morgan fingerprint density at radius 3 is 2.64 bits per heavy atom. The first-order valence-corrected chi connectivity index (χ1v) is 7.63. The van der Waals surface area contributed by atoms with E-state index < -0.39 is 11.9 Å². The van der Waals surface area contributed by atoms with Gasteiger partial charge in [0.1, 0.15) is 5.82 Å². The molecular weight excluding hydrogens is 287 g/mol. The van der Waals surface area contributed by atoms with Crippen molar-refractivity contribution in [1.29, 1.82) is 0 Å². The number of halogens is 1. The third-order valence-electron chi connectivity index (χ3n) is 3.75. The number of aliphatic hydroxyl groups is 1. The van der Waals surface area contributed by atoms with Crippen molar-refractivity contribution < 1.29 is 19.0 Å². The summed E-state index contributed by atoms with van der Waals surface area (Å²) in [4.78, 5) is 16.0. The predicted molar refractivity (Wildman–Crippen MR) is 81.2 cm³/mol. The highest BCUT2D eigenvalue weighted by molar-refractivity contribution is 5.94. The average Bonchev–Trinajstić information content (AvgIpc) is 2.53. The lowest BCUT2D eigenvalue weighted by atomic mass is 10.1. The Balaban J connectivity index is 1.82. The number of carbonyl (C=O) groups excluding carboxylic acids is 1. The summed E-state index contributed by atoms with van der Waals surface area (Å²) in [6.45, 7) is 5.74. The van der Waals surface area contributed by atoms with Gasteiger partial charge in [0.25, 0.3) is 5.91 Å². The van der Waals surface area contributed by atoms with E-state index in [1.807, 2.05) is 6.92 Å². The van der Waals surface area contributed by atoms with E-state index in [4.69, 9.17) is 4.74 Å². The number of ether oxygens (including phenoxy) is 1. The summed E-state index contributed by atoms with van der Waals surface area (Å²) >= 11 is 0. The quantitative estimate of drug-likeness (QED) is 0.851. The van der Waals surface area contributed by atoms with Gasteiger partial charge in [0, 0.05) is 39.3 Å². The highest BCUT2D eigenvalue weighted by Crippen LogP contribution is 2.12. The van der Waals surface area contributed by atoms with Crippen LogP contribution in [-0.2, 0) is 4.74 Å². The number of hydrogen-bond acceptors (Lipinski definition) is 4. The van der Waals surface area contributed by atoms with Crippen molar-refractivity contribution in [2.75, 3.05) is 45.9 Å². The summed E-state index contributed by atoms with van der Waals surface area (Å²) in [5.41, 5.74) is 0.118. The molecule has 0 aliphatic carbocycles. The van der Waals surface area contributed by atoms with Crippen molar-refractivity contribution in [1.82, 2.24) is 9.80 Å². The summed E-state index contributed by atoms with van der Waals surface area (Å²) in [6, 6.07) is 6.05. The molecule has 1 fully saturated rings. The van der Waals surface area contributed by atoms with Crippen molar-refractivity contribution >= 4 is 5.91 Å². The monoisotopic (exact) mass is 310 g/mol. The Hall–Kier alpha value is -1.50. The molecule has 122 valence electrons. The number of nitrogens with zero attached hydrogens (tertiary/aromatic N) is 2. The van der Waals surface area contributed by atoms with Gasteiger partial charge in [-0.3, -0.25) is 9.69 Å². The fourth-order valence-corrected chi connectivity index (χ4v) is 2.54. The second kappa shape index (κ2) is 8.22. The van der Waals surface area contributed by atoms with Crippen LogP contribution in [0.5, 0.6) is 0 Å². The van der Waals surface area contributed by atoms with Crippen LogP contribution in [0, 0.1) is 5.82 Å². The standard InChI is InChI=1S/C16H23FN2O3/c1-2-22-12-13(20)11-18-7-9-19(10-8-18)16(21)14-5-3-4-6-15(14)17/h3-6,13,20H,2,7-12H2,1H3/t13-/m1/s1. The molecule has 1 aliphatic heterocycles. The minimum atomic E-state index is -0.520. The molecule has 1 atom stereocenters. The fraction of sp³-hybridized carbons (Fsp3) is 0.562. The highest BCUT2D eigenvalue weighted by Gasteiger charge is 2.24. The van der Waals surface area contributed by atoms with E-state index in [2.05, 4.69) is 4.90 Å². The molecular formula is C16H23FN2O3. The van der Waals surface area contributed by atoms with E-state index >= 15 is 0 Å². The molecule has 6 heteroatoms. The lowest BCUT2D eigenvalue weighted by Gasteiger charge is -2.35. The van der Waals surface area contributed by atoms with Gasteiger partial charge in [-0.05, 0) is 19.1 Å². The predicted octanol–water partition coefficient (Wildman–Crippen LogP) is 0.981. The van der Waals surface area contributed by atoms with Crippen molar-refractivity contribution in [3.8, 4) is 0 Å². The van der Waals surface area contributed by atoms with Crippen LogP contribution in [-0.4, -0.2) is 72.9 Å². The van der Waals surface area contributed by atoms with E-state index in [9.17, 15) is 14.3 Å². The molecule has 5 nitrogen and oxygen atoms in total. The van der Waals surface area contributed by atoms with Crippen LogP contribution in [0.4, 0.5) is 4.39 Å². The van der Waals surface area contributed by atoms with Gasteiger partial charge in [0.15, 0.2) is 0 Å². The van der Waals surface area contributed by atoms with Gasteiger partial charge in [-0.1, -0.05) is 12.1 Å². The van der Waals surface area contributed by atoms with Gasteiger partial charge in [-0.15, -0.1) is 0 Å². The number of aliphatic hydroxyl groups excluding tert-OH is 1. The molecule has 0 unspecified atom stereocenters. The van der Waals surface area contributed by atoms with Crippen LogP contribution in [0.15, 0.2) is 24.3 Å². The van der Waals surface area contributed by atoms with E-state index in [-0.39, 0.29) is 11.5 Å². The van der Waals surface area contributed by atoms with E-state index in [0.29, 0.717) is 45.9 Å². The largest absolute Gasteiger partial charge is 0.389 e. The number of benzene rings is 1. The Morgan fingerprint density at radius 1 is 1.32 bits per heavy atom. The lowest BCUT2D eigenvalue weighted by Crippen LogP contribution is -2.51. The van der Waals surface area contributed by atoms with Gasteiger partial charge >= 0.3 is 0 Å². The van der Waals surface area contributed by atoms with Gasteiger partial charge in [-0.25, -0.2) is 4.39 Å². The Labute approximate surface area is 130 Å². The molecule has 1 saturated heterocycles. The molecule has 0 radical (unpaired) electrons.